The Kier molecular flexibility index (Phi) is 4.35. The maximum Gasteiger partial charge on any atom is 0.0900 e. The SMILES string of the molecule is CCCN=c1cc2n(-c3ccc(Cl)cc3)c3ccccc3nc-2cc1N. The van der Waals surface area contributed by atoms with Crippen molar-refractivity contribution in [1.82, 2.24) is 9.55 Å². The van der Waals surface area contributed by atoms with E-state index in [0.717, 1.165) is 46.4 Å². The first-order chi connectivity index (χ1) is 12.7. The molecule has 2 aromatic carbocycles. The lowest BCUT2D eigenvalue weighted by molar-refractivity contribution is 0.903. The van der Waals surface area contributed by atoms with E-state index < -0.39 is 0 Å². The predicted octanol–water partition coefficient (Wildman–Crippen LogP) is 4.68. The Hall–Kier alpha value is -2.85. The minimum absolute atomic E-state index is 0.649. The smallest absolute Gasteiger partial charge is 0.0900 e. The fourth-order valence-corrected chi connectivity index (χ4v) is 3.22. The first-order valence-electron chi connectivity index (χ1n) is 8.65. The summed E-state index contributed by atoms with van der Waals surface area (Å²) in [6.07, 6.45) is 0.977. The fraction of sp³-hybridized carbons (Fsp3) is 0.143. The first-order valence-corrected chi connectivity index (χ1v) is 9.02. The molecule has 2 aromatic rings. The van der Waals surface area contributed by atoms with Gasteiger partial charge in [0.1, 0.15) is 0 Å². The molecule has 0 amide bonds. The standard InChI is InChI=1S/C21H19ClN4/c1-2-11-24-18-13-21-19(12-16(18)23)25-17-5-3-4-6-20(17)26(21)15-9-7-14(22)8-10-15/h3-10,12-13H,2,11,23H2,1H3. The number of hydrogen-bond donors (Lipinski definition) is 1. The molecule has 0 saturated heterocycles. The van der Waals surface area contributed by atoms with Crippen molar-refractivity contribution in [2.24, 2.45) is 4.99 Å². The molecule has 0 fully saturated rings. The molecule has 130 valence electrons. The molecule has 0 saturated carbocycles. The van der Waals surface area contributed by atoms with Crippen LogP contribution in [-0.4, -0.2) is 16.1 Å². The largest absolute Gasteiger partial charge is 0.397 e. The lowest BCUT2D eigenvalue weighted by Gasteiger charge is -2.19. The van der Waals surface area contributed by atoms with E-state index in [2.05, 4.69) is 22.5 Å². The number of nitrogen functional groups attached to an aromatic ring is 1. The van der Waals surface area contributed by atoms with Crippen molar-refractivity contribution < 1.29 is 0 Å². The maximum atomic E-state index is 6.22. The number of benzene rings is 3. The number of halogens is 1. The Bertz CT molecular complexity index is 1110. The van der Waals surface area contributed by atoms with Crippen molar-refractivity contribution >= 4 is 28.3 Å². The normalized spacial score (nSPS) is 12.2. The third-order valence-electron chi connectivity index (χ3n) is 4.32. The molecule has 2 aliphatic rings. The second kappa shape index (κ2) is 6.81. The van der Waals surface area contributed by atoms with Crippen LogP contribution in [0.3, 0.4) is 0 Å². The van der Waals surface area contributed by atoms with Crippen molar-refractivity contribution in [3.8, 4) is 17.1 Å². The highest BCUT2D eigenvalue weighted by Crippen LogP contribution is 2.29. The molecular weight excluding hydrogens is 344 g/mol. The topological polar surface area (TPSA) is 56.2 Å². The number of nitrogens with two attached hydrogens (primary N) is 1. The lowest BCUT2D eigenvalue weighted by atomic mass is 10.1. The minimum Gasteiger partial charge on any atom is -0.397 e. The lowest BCUT2D eigenvalue weighted by Crippen LogP contribution is -2.15. The van der Waals surface area contributed by atoms with Crippen LogP contribution in [0, 0.1) is 0 Å². The fourth-order valence-electron chi connectivity index (χ4n) is 3.10. The molecule has 0 atom stereocenters. The van der Waals surface area contributed by atoms with Gasteiger partial charge in [-0.15, -0.1) is 0 Å². The molecule has 5 heteroatoms. The molecule has 0 aromatic heterocycles. The van der Waals surface area contributed by atoms with Gasteiger partial charge in [-0.3, -0.25) is 4.99 Å². The van der Waals surface area contributed by atoms with Crippen molar-refractivity contribution in [1.29, 1.82) is 0 Å². The van der Waals surface area contributed by atoms with Crippen LogP contribution in [0.25, 0.3) is 28.1 Å². The minimum atomic E-state index is 0.649. The number of nitrogens with zero attached hydrogens (tertiary/aromatic N) is 3. The average Bonchev–Trinajstić information content (AvgIpc) is 2.65. The Morgan fingerprint density at radius 2 is 1.85 bits per heavy atom. The van der Waals surface area contributed by atoms with Crippen LogP contribution in [-0.2, 0) is 0 Å². The maximum absolute atomic E-state index is 6.22. The van der Waals surface area contributed by atoms with Gasteiger partial charge in [0.2, 0.25) is 0 Å². The number of aromatic nitrogens is 2. The average molecular weight is 363 g/mol. The molecule has 26 heavy (non-hydrogen) atoms. The Balaban J connectivity index is 2.12. The van der Waals surface area contributed by atoms with Gasteiger partial charge in [0, 0.05) is 17.3 Å². The highest BCUT2D eigenvalue weighted by atomic mass is 35.5. The van der Waals surface area contributed by atoms with Gasteiger partial charge in [-0.1, -0.05) is 30.7 Å². The molecule has 1 heterocycles. The van der Waals surface area contributed by atoms with Crippen LogP contribution >= 0.6 is 11.6 Å². The zero-order chi connectivity index (χ0) is 18.1. The van der Waals surface area contributed by atoms with E-state index in [4.69, 9.17) is 22.3 Å². The number of fused-ring (bicyclic) bond motifs is 2. The third kappa shape index (κ3) is 2.93. The predicted molar refractivity (Wildman–Crippen MR) is 108 cm³/mol. The van der Waals surface area contributed by atoms with E-state index in [9.17, 15) is 0 Å². The Labute approximate surface area is 156 Å². The molecule has 2 N–H and O–H groups in total. The van der Waals surface area contributed by atoms with Crippen LogP contribution in [0.5, 0.6) is 0 Å². The van der Waals surface area contributed by atoms with E-state index in [-0.39, 0.29) is 0 Å². The summed E-state index contributed by atoms with van der Waals surface area (Å²) in [6, 6.07) is 19.8. The molecule has 1 aliphatic carbocycles. The number of anilines is 1. The molecule has 0 bridgehead atoms. The van der Waals surface area contributed by atoms with Gasteiger partial charge >= 0.3 is 0 Å². The summed E-state index contributed by atoms with van der Waals surface area (Å²) in [5.41, 5.74) is 11.6. The monoisotopic (exact) mass is 362 g/mol. The van der Waals surface area contributed by atoms with Gasteiger partial charge in [-0.25, -0.2) is 4.98 Å². The summed E-state index contributed by atoms with van der Waals surface area (Å²) in [6.45, 7) is 2.85. The van der Waals surface area contributed by atoms with Crippen LogP contribution in [0.2, 0.25) is 5.02 Å². The first kappa shape index (κ1) is 16.6. The molecule has 4 rings (SSSR count). The third-order valence-corrected chi connectivity index (χ3v) is 4.57. The summed E-state index contributed by atoms with van der Waals surface area (Å²) in [5.74, 6) is 0. The molecular formula is C21H19ClN4. The van der Waals surface area contributed by atoms with Crippen LogP contribution in [0.1, 0.15) is 13.3 Å². The highest BCUT2D eigenvalue weighted by Gasteiger charge is 2.15. The second-order valence-electron chi connectivity index (χ2n) is 6.19. The van der Waals surface area contributed by atoms with Crippen molar-refractivity contribution in [2.75, 3.05) is 12.3 Å². The number of hydrogen-bond acceptors (Lipinski definition) is 3. The summed E-state index contributed by atoms with van der Waals surface area (Å²) in [5, 5.41) is 1.51. The van der Waals surface area contributed by atoms with Gasteiger partial charge in [0.05, 0.1) is 33.5 Å². The number of rotatable bonds is 3. The van der Waals surface area contributed by atoms with Crippen molar-refractivity contribution in [3.63, 3.8) is 0 Å². The Morgan fingerprint density at radius 1 is 1.08 bits per heavy atom. The molecule has 4 nitrogen and oxygen atoms in total. The zero-order valence-electron chi connectivity index (χ0n) is 14.5. The summed E-state index contributed by atoms with van der Waals surface area (Å²) in [7, 11) is 0. The van der Waals surface area contributed by atoms with Gasteiger partial charge in [0.25, 0.3) is 0 Å². The van der Waals surface area contributed by atoms with Gasteiger partial charge < -0.3 is 10.3 Å². The van der Waals surface area contributed by atoms with E-state index in [1.807, 2.05) is 54.6 Å². The van der Waals surface area contributed by atoms with Crippen molar-refractivity contribution in [2.45, 2.75) is 13.3 Å². The molecule has 1 aliphatic heterocycles. The van der Waals surface area contributed by atoms with E-state index in [0.29, 0.717) is 10.7 Å². The molecule has 0 unspecified atom stereocenters. The van der Waals surface area contributed by atoms with Crippen LogP contribution in [0.15, 0.2) is 65.7 Å². The van der Waals surface area contributed by atoms with Gasteiger partial charge in [-0.05, 0) is 55.0 Å². The summed E-state index contributed by atoms with van der Waals surface area (Å²) >= 11 is 6.09. The highest BCUT2D eigenvalue weighted by molar-refractivity contribution is 6.30. The van der Waals surface area contributed by atoms with Crippen LogP contribution in [0.4, 0.5) is 5.69 Å². The van der Waals surface area contributed by atoms with Crippen molar-refractivity contribution in [3.05, 3.63) is 71.0 Å². The molecule has 0 spiro atoms. The van der Waals surface area contributed by atoms with E-state index in [1.165, 1.54) is 0 Å². The quantitative estimate of drug-likeness (QED) is 0.425. The van der Waals surface area contributed by atoms with E-state index in [1.54, 1.807) is 0 Å². The summed E-state index contributed by atoms with van der Waals surface area (Å²) < 4.78 is 2.18. The van der Waals surface area contributed by atoms with Gasteiger partial charge in [-0.2, -0.15) is 0 Å². The summed E-state index contributed by atoms with van der Waals surface area (Å²) in [4.78, 5) is 9.41. The zero-order valence-corrected chi connectivity index (χ0v) is 15.2. The van der Waals surface area contributed by atoms with E-state index >= 15 is 0 Å². The molecule has 0 radical (unpaired) electrons. The number of para-hydroxylation sites is 2. The van der Waals surface area contributed by atoms with Crippen LogP contribution < -0.4 is 11.1 Å². The second-order valence-corrected chi connectivity index (χ2v) is 6.63. The Morgan fingerprint density at radius 3 is 2.62 bits per heavy atom. The van der Waals surface area contributed by atoms with Gasteiger partial charge in [0.15, 0.2) is 0 Å².